The Hall–Kier alpha value is -0.590. The van der Waals surface area contributed by atoms with Crippen LogP contribution < -0.4 is 0 Å². The maximum atomic E-state index is 11.9. The van der Waals surface area contributed by atoms with Crippen molar-refractivity contribution in [2.75, 3.05) is 0 Å². The number of carbonyl (C=O) groups excluding carboxylic acids is 1. The Balaban J connectivity index is 2.02. The number of Topliss-reactive ketones (excluding diaryl/α,β-unsaturated/α-hetero) is 1. The molecule has 4 bridgehead atoms. The third-order valence-corrected chi connectivity index (χ3v) is 5.29. The van der Waals surface area contributed by atoms with Gasteiger partial charge in [0.25, 0.3) is 0 Å². The van der Waals surface area contributed by atoms with Crippen LogP contribution in [-0.2, 0) is 4.79 Å². The molecule has 2 atom stereocenters. The predicted molar refractivity (Wildman–Crippen MR) is 60.4 cm³/mol. The summed E-state index contributed by atoms with van der Waals surface area (Å²) >= 11 is 0. The van der Waals surface area contributed by atoms with E-state index in [0.29, 0.717) is 11.2 Å². The molecule has 0 aromatic rings. The number of carbonyl (C=O) groups is 1. The van der Waals surface area contributed by atoms with Gasteiger partial charge in [-0.2, -0.15) is 0 Å². The fourth-order valence-corrected chi connectivity index (χ4v) is 4.98. The summed E-state index contributed by atoms with van der Waals surface area (Å²) in [7, 11) is 0. The van der Waals surface area contributed by atoms with Crippen molar-refractivity contribution in [2.45, 2.75) is 45.4 Å². The van der Waals surface area contributed by atoms with Crippen LogP contribution in [0.5, 0.6) is 0 Å². The summed E-state index contributed by atoms with van der Waals surface area (Å²) in [5.41, 5.74) is 0.383. The van der Waals surface area contributed by atoms with Gasteiger partial charge in [-0.1, -0.05) is 6.08 Å². The van der Waals surface area contributed by atoms with E-state index in [4.69, 9.17) is 0 Å². The molecule has 2 unspecified atom stereocenters. The molecule has 0 saturated heterocycles. The fraction of sp³-hybridized carbons (Fsp3) is 0.786. The van der Waals surface area contributed by atoms with E-state index in [0.717, 1.165) is 18.3 Å². The number of rotatable bonds is 2. The molecule has 4 aliphatic carbocycles. The van der Waals surface area contributed by atoms with Crippen molar-refractivity contribution in [3.05, 3.63) is 12.7 Å². The Bertz CT molecular complexity index is 314. The lowest BCUT2D eigenvalue weighted by atomic mass is 9.43. The Kier molecular flexibility index (Phi) is 1.76. The molecule has 82 valence electrons. The Morgan fingerprint density at radius 2 is 1.87 bits per heavy atom. The third kappa shape index (κ3) is 1.18. The first-order chi connectivity index (χ1) is 7.07. The van der Waals surface area contributed by atoms with Crippen LogP contribution in [0, 0.1) is 22.7 Å². The van der Waals surface area contributed by atoms with Crippen LogP contribution in [0.4, 0.5) is 0 Å². The summed E-state index contributed by atoms with van der Waals surface area (Å²) < 4.78 is 0. The van der Waals surface area contributed by atoms with E-state index >= 15 is 0 Å². The topological polar surface area (TPSA) is 17.1 Å². The van der Waals surface area contributed by atoms with Crippen molar-refractivity contribution in [3.8, 4) is 0 Å². The molecular formula is C14H20O. The summed E-state index contributed by atoms with van der Waals surface area (Å²) in [6.07, 6.45) is 9.62. The molecule has 15 heavy (non-hydrogen) atoms. The monoisotopic (exact) mass is 204 g/mol. The van der Waals surface area contributed by atoms with E-state index in [2.05, 4.69) is 12.7 Å². The second kappa shape index (κ2) is 2.75. The first-order valence-electron chi connectivity index (χ1n) is 6.22. The lowest BCUT2D eigenvalue weighted by Gasteiger charge is -2.60. The van der Waals surface area contributed by atoms with Crippen LogP contribution in [0.15, 0.2) is 12.7 Å². The standard InChI is InChI=1S/C14H20O/c1-3-13-5-11-4-12(6-13)8-14(7-11,9-13)10(2)15/h3,11-12H,1,4-9H2,2H3. The molecule has 4 fully saturated rings. The second-order valence-corrected chi connectivity index (χ2v) is 6.36. The molecule has 1 heteroatoms. The number of hydrogen-bond acceptors (Lipinski definition) is 1. The molecule has 4 rings (SSSR count). The zero-order chi connectivity index (χ0) is 10.7. The van der Waals surface area contributed by atoms with E-state index in [1.54, 1.807) is 0 Å². The average molecular weight is 204 g/mol. The molecule has 1 nitrogen and oxygen atoms in total. The number of ketones is 1. The predicted octanol–water partition coefficient (Wildman–Crippen LogP) is 3.35. The minimum atomic E-state index is 0.0538. The van der Waals surface area contributed by atoms with Gasteiger partial charge in [0.2, 0.25) is 0 Å². The molecule has 0 aliphatic heterocycles. The number of allylic oxidation sites excluding steroid dienone is 1. The van der Waals surface area contributed by atoms with Crippen molar-refractivity contribution in [2.24, 2.45) is 22.7 Å². The van der Waals surface area contributed by atoms with Gasteiger partial charge >= 0.3 is 0 Å². The highest BCUT2D eigenvalue weighted by Gasteiger charge is 2.58. The summed E-state index contributed by atoms with van der Waals surface area (Å²) in [5, 5.41) is 0. The minimum Gasteiger partial charge on any atom is -0.299 e. The van der Waals surface area contributed by atoms with Crippen LogP contribution in [0.1, 0.15) is 45.4 Å². The molecule has 0 amide bonds. The molecular weight excluding hydrogens is 184 g/mol. The van der Waals surface area contributed by atoms with Crippen molar-refractivity contribution in [1.82, 2.24) is 0 Å². The first kappa shape index (κ1) is 9.62. The van der Waals surface area contributed by atoms with Gasteiger partial charge in [-0.05, 0) is 62.7 Å². The molecule has 4 saturated carbocycles. The van der Waals surface area contributed by atoms with Crippen LogP contribution in [0.25, 0.3) is 0 Å². The lowest BCUT2D eigenvalue weighted by molar-refractivity contribution is -0.147. The minimum absolute atomic E-state index is 0.0538. The average Bonchev–Trinajstić information content (AvgIpc) is 2.15. The van der Waals surface area contributed by atoms with Crippen molar-refractivity contribution in [1.29, 1.82) is 0 Å². The van der Waals surface area contributed by atoms with Gasteiger partial charge in [0, 0.05) is 5.41 Å². The third-order valence-electron chi connectivity index (χ3n) is 5.29. The maximum absolute atomic E-state index is 11.9. The highest BCUT2D eigenvalue weighted by atomic mass is 16.1. The van der Waals surface area contributed by atoms with Crippen molar-refractivity contribution < 1.29 is 4.79 Å². The van der Waals surface area contributed by atoms with Gasteiger partial charge in [-0.3, -0.25) is 4.79 Å². The molecule has 0 spiro atoms. The molecule has 0 aromatic carbocycles. The highest BCUT2D eigenvalue weighted by Crippen LogP contribution is 2.65. The smallest absolute Gasteiger partial charge is 0.136 e. The maximum Gasteiger partial charge on any atom is 0.136 e. The van der Waals surface area contributed by atoms with E-state index in [1.807, 2.05) is 6.92 Å². The van der Waals surface area contributed by atoms with Crippen molar-refractivity contribution >= 4 is 5.78 Å². The summed E-state index contributed by atoms with van der Waals surface area (Å²) in [5.74, 6) is 2.07. The largest absolute Gasteiger partial charge is 0.299 e. The molecule has 0 aromatic heterocycles. The summed E-state index contributed by atoms with van der Waals surface area (Å²) in [6.45, 7) is 5.84. The van der Waals surface area contributed by atoms with E-state index in [9.17, 15) is 4.79 Å². The van der Waals surface area contributed by atoms with Crippen LogP contribution in [0.3, 0.4) is 0 Å². The first-order valence-corrected chi connectivity index (χ1v) is 6.22. The molecule has 0 heterocycles. The fourth-order valence-electron chi connectivity index (χ4n) is 4.98. The zero-order valence-corrected chi connectivity index (χ0v) is 9.59. The van der Waals surface area contributed by atoms with E-state index in [-0.39, 0.29) is 5.41 Å². The van der Waals surface area contributed by atoms with Crippen LogP contribution >= 0.6 is 0 Å². The number of hydrogen-bond donors (Lipinski definition) is 0. The van der Waals surface area contributed by atoms with Gasteiger partial charge < -0.3 is 0 Å². The molecule has 0 N–H and O–H groups in total. The lowest BCUT2D eigenvalue weighted by Crippen LogP contribution is -2.53. The van der Waals surface area contributed by atoms with Gasteiger partial charge in [-0.25, -0.2) is 0 Å². The van der Waals surface area contributed by atoms with Gasteiger partial charge in [0.05, 0.1) is 0 Å². The van der Waals surface area contributed by atoms with Gasteiger partial charge in [-0.15, -0.1) is 6.58 Å². The Labute approximate surface area is 91.9 Å². The van der Waals surface area contributed by atoms with Crippen molar-refractivity contribution in [3.63, 3.8) is 0 Å². The van der Waals surface area contributed by atoms with Crippen LogP contribution in [-0.4, -0.2) is 5.78 Å². The van der Waals surface area contributed by atoms with Gasteiger partial charge in [0.15, 0.2) is 0 Å². The molecule has 0 radical (unpaired) electrons. The Morgan fingerprint density at radius 1 is 1.27 bits per heavy atom. The summed E-state index contributed by atoms with van der Waals surface area (Å²) in [4.78, 5) is 11.9. The van der Waals surface area contributed by atoms with E-state index < -0.39 is 0 Å². The second-order valence-electron chi connectivity index (χ2n) is 6.36. The van der Waals surface area contributed by atoms with Crippen LogP contribution in [0.2, 0.25) is 0 Å². The quantitative estimate of drug-likeness (QED) is 0.630. The molecule has 4 aliphatic rings. The van der Waals surface area contributed by atoms with E-state index in [1.165, 1.54) is 32.1 Å². The SMILES string of the molecule is C=CC12CC3CC(C1)CC(C(C)=O)(C3)C2. The van der Waals surface area contributed by atoms with Gasteiger partial charge in [0.1, 0.15) is 5.78 Å². The summed E-state index contributed by atoms with van der Waals surface area (Å²) in [6, 6.07) is 0. The highest BCUT2D eigenvalue weighted by molar-refractivity contribution is 5.83. The Morgan fingerprint density at radius 3 is 2.33 bits per heavy atom. The zero-order valence-electron chi connectivity index (χ0n) is 9.59. The normalized spacial score (nSPS) is 51.8.